The van der Waals surface area contributed by atoms with Gasteiger partial charge in [0.05, 0.1) is 6.10 Å². The molecule has 2 atom stereocenters. The van der Waals surface area contributed by atoms with Crippen molar-refractivity contribution in [1.82, 2.24) is 5.32 Å². The summed E-state index contributed by atoms with van der Waals surface area (Å²) in [4.78, 5) is 1.46. The molecule has 1 aliphatic rings. The second kappa shape index (κ2) is 6.70. The zero-order chi connectivity index (χ0) is 13.8. The number of rotatable bonds is 6. The van der Waals surface area contributed by atoms with Crippen LogP contribution in [0, 0.1) is 0 Å². The van der Waals surface area contributed by atoms with E-state index in [1.807, 2.05) is 11.3 Å². The second-order valence-electron chi connectivity index (χ2n) is 5.59. The smallest absolute Gasteiger partial charge is 0.0576 e. The summed E-state index contributed by atoms with van der Waals surface area (Å²) >= 11 is 1.92. The first kappa shape index (κ1) is 14.1. The molecule has 0 spiro atoms. The fourth-order valence-corrected chi connectivity index (χ4v) is 4.23. The molecule has 20 heavy (non-hydrogen) atoms. The van der Waals surface area contributed by atoms with Crippen molar-refractivity contribution >= 4 is 21.4 Å². The fourth-order valence-electron chi connectivity index (χ4n) is 3.02. The summed E-state index contributed by atoms with van der Waals surface area (Å²) < 4.78 is 7.09. The molecule has 1 aliphatic heterocycles. The van der Waals surface area contributed by atoms with Crippen molar-refractivity contribution in [1.29, 1.82) is 0 Å². The van der Waals surface area contributed by atoms with E-state index in [2.05, 4.69) is 42.7 Å². The zero-order valence-electron chi connectivity index (χ0n) is 12.1. The molecule has 1 N–H and O–H groups in total. The molecule has 1 saturated heterocycles. The lowest BCUT2D eigenvalue weighted by Crippen LogP contribution is -2.16. The summed E-state index contributed by atoms with van der Waals surface area (Å²) in [5, 5.41) is 4.84. The molecule has 2 unspecified atom stereocenters. The van der Waals surface area contributed by atoms with E-state index in [1.165, 1.54) is 47.1 Å². The summed E-state index contributed by atoms with van der Waals surface area (Å²) in [5.74, 6) is 0. The second-order valence-corrected chi connectivity index (χ2v) is 6.71. The highest BCUT2D eigenvalue weighted by Gasteiger charge is 2.17. The lowest BCUT2D eigenvalue weighted by atomic mass is 10.0. The van der Waals surface area contributed by atoms with Crippen molar-refractivity contribution < 1.29 is 4.74 Å². The van der Waals surface area contributed by atoms with E-state index in [0.29, 0.717) is 12.1 Å². The van der Waals surface area contributed by atoms with Crippen molar-refractivity contribution in [2.75, 3.05) is 13.7 Å². The van der Waals surface area contributed by atoms with E-state index >= 15 is 0 Å². The summed E-state index contributed by atoms with van der Waals surface area (Å²) in [6.45, 7) is 0.969. The Morgan fingerprint density at radius 1 is 1.40 bits per heavy atom. The number of hydrogen-bond donors (Lipinski definition) is 1. The number of hydrogen-bond acceptors (Lipinski definition) is 3. The highest BCUT2D eigenvalue weighted by atomic mass is 32.1. The van der Waals surface area contributed by atoms with Crippen LogP contribution in [-0.2, 0) is 4.74 Å². The molecule has 0 bridgehead atoms. The lowest BCUT2D eigenvalue weighted by Gasteiger charge is -2.15. The van der Waals surface area contributed by atoms with Gasteiger partial charge in [0.2, 0.25) is 0 Å². The minimum Gasteiger partial charge on any atom is -0.378 e. The topological polar surface area (TPSA) is 21.3 Å². The van der Waals surface area contributed by atoms with E-state index in [9.17, 15) is 0 Å². The van der Waals surface area contributed by atoms with E-state index in [4.69, 9.17) is 4.74 Å². The Kier molecular flexibility index (Phi) is 4.71. The highest BCUT2D eigenvalue weighted by molar-refractivity contribution is 7.19. The number of ether oxygens (including phenoxy) is 1. The summed E-state index contributed by atoms with van der Waals surface area (Å²) in [6, 6.07) is 11.5. The Morgan fingerprint density at radius 2 is 2.30 bits per heavy atom. The van der Waals surface area contributed by atoms with Crippen LogP contribution in [0.25, 0.3) is 10.1 Å². The summed E-state index contributed by atoms with van der Waals surface area (Å²) in [6.07, 6.45) is 6.68. The Balaban J connectivity index is 1.60. The molecule has 3 rings (SSSR count). The third-order valence-electron chi connectivity index (χ3n) is 4.18. The van der Waals surface area contributed by atoms with Crippen LogP contribution >= 0.6 is 11.3 Å². The van der Waals surface area contributed by atoms with Gasteiger partial charge < -0.3 is 10.1 Å². The molecule has 0 aliphatic carbocycles. The Labute approximate surface area is 125 Å². The Hall–Kier alpha value is -0.900. The molecule has 1 fully saturated rings. The molecular weight excluding hydrogens is 266 g/mol. The standard InChI is InChI=1S/C17H23NOS/c1-18-15(9-4-7-14-8-5-11-19-14)17-12-13-6-2-3-10-16(13)20-17/h2-3,6,10,12,14-15,18H,4-5,7-9,11H2,1H3. The van der Waals surface area contributed by atoms with Gasteiger partial charge in [-0.2, -0.15) is 0 Å². The molecule has 2 aromatic rings. The van der Waals surface area contributed by atoms with Crippen molar-refractivity contribution in [3.05, 3.63) is 35.2 Å². The first-order chi connectivity index (χ1) is 9.86. The van der Waals surface area contributed by atoms with Gasteiger partial charge in [0.25, 0.3) is 0 Å². The normalized spacial score (nSPS) is 20.6. The van der Waals surface area contributed by atoms with Crippen LogP contribution < -0.4 is 5.32 Å². The Morgan fingerprint density at radius 3 is 3.05 bits per heavy atom. The van der Waals surface area contributed by atoms with Crippen LogP contribution in [0.4, 0.5) is 0 Å². The number of benzene rings is 1. The molecule has 0 saturated carbocycles. The van der Waals surface area contributed by atoms with Gasteiger partial charge in [0, 0.05) is 22.2 Å². The molecule has 108 valence electrons. The summed E-state index contributed by atoms with van der Waals surface area (Å²) in [7, 11) is 2.07. The maximum atomic E-state index is 5.70. The van der Waals surface area contributed by atoms with Crippen molar-refractivity contribution in [2.45, 2.75) is 44.2 Å². The van der Waals surface area contributed by atoms with E-state index in [-0.39, 0.29) is 0 Å². The third-order valence-corrected chi connectivity index (χ3v) is 5.41. The molecule has 0 radical (unpaired) electrons. The predicted octanol–water partition coefficient (Wildman–Crippen LogP) is 4.51. The highest BCUT2D eigenvalue weighted by Crippen LogP contribution is 2.32. The zero-order valence-corrected chi connectivity index (χ0v) is 12.9. The van der Waals surface area contributed by atoms with E-state index in [0.717, 1.165) is 6.61 Å². The molecule has 1 aromatic carbocycles. The van der Waals surface area contributed by atoms with Crippen molar-refractivity contribution in [2.24, 2.45) is 0 Å². The van der Waals surface area contributed by atoms with E-state index < -0.39 is 0 Å². The minimum absolute atomic E-state index is 0.480. The van der Waals surface area contributed by atoms with Crippen LogP contribution in [-0.4, -0.2) is 19.8 Å². The van der Waals surface area contributed by atoms with Crippen LogP contribution in [0.3, 0.4) is 0 Å². The first-order valence-corrected chi connectivity index (χ1v) is 8.46. The monoisotopic (exact) mass is 289 g/mol. The maximum absolute atomic E-state index is 5.70. The molecule has 3 heteroatoms. The van der Waals surface area contributed by atoms with E-state index in [1.54, 1.807) is 0 Å². The van der Waals surface area contributed by atoms with Gasteiger partial charge in [-0.25, -0.2) is 0 Å². The molecule has 1 aromatic heterocycles. The van der Waals surface area contributed by atoms with Gasteiger partial charge in [-0.15, -0.1) is 11.3 Å². The maximum Gasteiger partial charge on any atom is 0.0576 e. The number of fused-ring (bicyclic) bond motifs is 1. The van der Waals surface area contributed by atoms with Crippen molar-refractivity contribution in [3.63, 3.8) is 0 Å². The Bertz CT molecular complexity index is 512. The largest absolute Gasteiger partial charge is 0.378 e. The third kappa shape index (κ3) is 3.22. The van der Waals surface area contributed by atoms with Crippen LogP contribution in [0.2, 0.25) is 0 Å². The summed E-state index contributed by atoms with van der Waals surface area (Å²) in [5.41, 5.74) is 0. The van der Waals surface area contributed by atoms with Gasteiger partial charge in [0.1, 0.15) is 0 Å². The SMILES string of the molecule is CNC(CCCC1CCCO1)c1cc2ccccc2s1. The predicted molar refractivity (Wildman–Crippen MR) is 86.5 cm³/mol. The van der Waals surface area contributed by atoms with Gasteiger partial charge in [-0.1, -0.05) is 18.2 Å². The van der Waals surface area contributed by atoms with Gasteiger partial charge in [0.15, 0.2) is 0 Å². The quantitative estimate of drug-likeness (QED) is 0.844. The lowest BCUT2D eigenvalue weighted by molar-refractivity contribution is 0.101. The van der Waals surface area contributed by atoms with Crippen molar-refractivity contribution in [3.8, 4) is 0 Å². The average Bonchev–Trinajstić information content (AvgIpc) is 3.12. The number of nitrogens with one attached hydrogen (secondary N) is 1. The van der Waals surface area contributed by atoms with Crippen LogP contribution in [0.1, 0.15) is 43.0 Å². The first-order valence-electron chi connectivity index (χ1n) is 7.64. The number of thiophene rings is 1. The fraction of sp³-hybridized carbons (Fsp3) is 0.529. The van der Waals surface area contributed by atoms with Gasteiger partial charge >= 0.3 is 0 Å². The van der Waals surface area contributed by atoms with Crippen LogP contribution in [0.5, 0.6) is 0 Å². The molecule has 2 heterocycles. The average molecular weight is 289 g/mol. The minimum atomic E-state index is 0.480. The molecular formula is C17H23NOS. The van der Waals surface area contributed by atoms with Gasteiger partial charge in [-0.3, -0.25) is 0 Å². The van der Waals surface area contributed by atoms with Gasteiger partial charge in [-0.05, 0) is 56.7 Å². The molecule has 2 nitrogen and oxygen atoms in total. The van der Waals surface area contributed by atoms with Crippen LogP contribution in [0.15, 0.2) is 30.3 Å². The molecule has 0 amide bonds.